The molecule has 0 bridgehead atoms. The van der Waals surface area contributed by atoms with Crippen molar-refractivity contribution in [3.63, 3.8) is 0 Å². The van der Waals surface area contributed by atoms with Crippen molar-refractivity contribution < 1.29 is 0 Å². The Balaban J connectivity index is 0.00000108. The molecule has 0 amide bonds. The minimum Gasteiger partial charge on any atom is -0.315 e. The lowest BCUT2D eigenvalue weighted by Crippen LogP contribution is -2.36. The number of halogens is 1. The van der Waals surface area contributed by atoms with Crippen LogP contribution in [0.15, 0.2) is 42.5 Å². The summed E-state index contributed by atoms with van der Waals surface area (Å²) in [4.78, 5) is 0. The van der Waals surface area contributed by atoms with Crippen LogP contribution in [-0.2, 0) is 0 Å². The third kappa shape index (κ3) is 2.28. The van der Waals surface area contributed by atoms with Gasteiger partial charge in [0.1, 0.15) is 0 Å². The summed E-state index contributed by atoms with van der Waals surface area (Å²) in [6.45, 7) is 0. The van der Waals surface area contributed by atoms with Gasteiger partial charge in [-0.1, -0.05) is 42.5 Å². The number of nitrogens with one attached hydrogen (secondary N) is 2. The van der Waals surface area contributed by atoms with Crippen LogP contribution in [0.25, 0.3) is 10.8 Å². The van der Waals surface area contributed by atoms with Crippen LogP contribution in [-0.4, -0.2) is 6.17 Å². The summed E-state index contributed by atoms with van der Waals surface area (Å²) in [5.41, 5.74) is 13.5. The summed E-state index contributed by atoms with van der Waals surface area (Å²) < 4.78 is 0. The fraction of sp³-hybridized carbons (Fsp3) is 0.231. The highest BCUT2D eigenvalue weighted by Crippen LogP contribution is 2.27. The molecular weight excluding hydrogens is 234 g/mol. The molecule has 4 heteroatoms. The van der Waals surface area contributed by atoms with E-state index >= 15 is 0 Å². The lowest BCUT2D eigenvalue weighted by molar-refractivity contribution is 0.553. The summed E-state index contributed by atoms with van der Waals surface area (Å²) in [6.07, 6.45) is 0.970. The third-order valence-corrected chi connectivity index (χ3v) is 3.13. The highest BCUT2D eigenvalue weighted by atomic mass is 35.5. The maximum absolute atomic E-state index is 5.83. The summed E-state index contributed by atoms with van der Waals surface area (Å²) >= 11 is 0. The van der Waals surface area contributed by atoms with Crippen molar-refractivity contribution >= 4 is 23.2 Å². The van der Waals surface area contributed by atoms with Crippen LogP contribution in [0, 0.1) is 0 Å². The predicted molar refractivity (Wildman–Crippen MR) is 72.8 cm³/mol. The molecule has 1 fully saturated rings. The van der Waals surface area contributed by atoms with Crippen LogP contribution in [0.5, 0.6) is 0 Å². The van der Waals surface area contributed by atoms with Gasteiger partial charge >= 0.3 is 0 Å². The number of benzene rings is 2. The van der Waals surface area contributed by atoms with Crippen LogP contribution in [0.2, 0.25) is 0 Å². The Kier molecular flexibility index (Phi) is 3.64. The molecule has 2 aromatic carbocycles. The predicted octanol–water partition coefficient (Wildman–Crippen LogP) is 2.09. The molecule has 3 rings (SSSR count). The smallest absolute Gasteiger partial charge is 0.0698 e. The molecule has 0 saturated carbocycles. The zero-order chi connectivity index (χ0) is 11.0. The summed E-state index contributed by atoms with van der Waals surface area (Å²) in [5, 5.41) is 2.58. The van der Waals surface area contributed by atoms with Gasteiger partial charge < -0.3 is 5.73 Å². The van der Waals surface area contributed by atoms with Crippen molar-refractivity contribution in [2.45, 2.75) is 18.6 Å². The number of nitrogens with two attached hydrogens (primary N) is 1. The van der Waals surface area contributed by atoms with Crippen LogP contribution >= 0.6 is 12.4 Å². The molecule has 90 valence electrons. The van der Waals surface area contributed by atoms with E-state index in [0.29, 0.717) is 6.04 Å². The second kappa shape index (κ2) is 5.02. The second-order valence-corrected chi connectivity index (χ2v) is 4.25. The monoisotopic (exact) mass is 249 g/mol. The molecule has 0 radical (unpaired) electrons. The number of hydrogen-bond donors (Lipinski definition) is 3. The van der Waals surface area contributed by atoms with Gasteiger partial charge in [-0.2, -0.15) is 0 Å². The molecule has 2 unspecified atom stereocenters. The van der Waals surface area contributed by atoms with Crippen LogP contribution in [0.3, 0.4) is 0 Å². The van der Waals surface area contributed by atoms with E-state index < -0.39 is 0 Å². The van der Waals surface area contributed by atoms with E-state index in [1.807, 2.05) is 0 Å². The first-order chi connectivity index (χ1) is 7.84. The van der Waals surface area contributed by atoms with E-state index in [1.165, 1.54) is 16.3 Å². The Labute approximate surface area is 107 Å². The van der Waals surface area contributed by atoms with Gasteiger partial charge in [-0.25, -0.2) is 10.9 Å². The van der Waals surface area contributed by atoms with Gasteiger partial charge in [0.25, 0.3) is 0 Å². The lowest BCUT2D eigenvalue weighted by atomic mass is 9.97. The van der Waals surface area contributed by atoms with Gasteiger partial charge in [-0.05, 0) is 22.8 Å². The van der Waals surface area contributed by atoms with E-state index in [4.69, 9.17) is 5.73 Å². The maximum atomic E-state index is 5.83. The molecule has 4 N–H and O–H groups in total. The number of fused-ring (bicyclic) bond motifs is 1. The van der Waals surface area contributed by atoms with Crippen molar-refractivity contribution in [3.8, 4) is 0 Å². The van der Waals surface area contributed by atoms with Crippen molar-refractivity contribution in [2.75, 3.05) is 0 Å². The summed E-state index contributed by atoms with van der Waals surface area (Å²) in [7, 11) is 0. The molecule has 1 heterocycles. The van der Waals surface area contributed by atoms with E-state index in [9.17, 15) is 0 Å². The van der Waals surface area contributed by atoms with Gasteiger partial charge in [0.2, 0.25) is 0 Å². The van der Waals surface area contributed by atoms with Crippen molar-refractivity contribution in [1.29, 1.82) is 0 Å². The normalized spacial score (nSPS) is 23.6. The molecule has 1 aliphatic rings. The van der Waals surface area contributed by atoms with E-state index in [1.54, 1.807) is 0 Å². The highest BCUT2D eigenvalue weighted by Gasteiger charge is 2.22. The topological polar surface area (TPSA) is 50.1 Å². The quantitative estimate of drug-likeness (QED) is 0.725. The molecule has 0 spiro atoms. The first kappa shape index (κ1) is 12.3. The molecule has 2 atom stereocenters. The minimum atomic E-state index is 0. The summed E-state index contributed by atoms with van der Waals surface area (Å²) in [5.74, 6) is 0. The molecule has 3 nitrogen and oxygen atoms in total. The average Bonchev–Trinajstić information content (AvgIpc) is 2.75. The van der Waals surface area contributed by atoms with Crippen LogP contribution in [0.1, 0.15) is 18.0 Å². The average molecular weight is 250 g/mol. The first-order valence-corrected chi connectivity index (χ1v) is 5.59. The highest BCUT2D eigenvalue weighted by molar-refractivity contribution is 5.86. The Bertz CT molecular complexity index is 509. The van der Waals surface area contributed by atoms with Gasteiger partial charge in [0, 0.05) is 6.04 Å². The van der Waals surface area contributed by atoms with Crippen LogP contribution < -0.4 is 16.6 Å². The van der Waals surface area contributed by atoms with Gasteiger partial charge in [0.15, 0.2) is 0 Å². The number of hydrogen-bond acceptors (Lipinski definition) is 3. The molecule has 1 saturated heterocycles. The van der Waals surface area contributed by atoms with E-state index in [2.05, 4.69) is 53.3 Å². The zero-order valence-electron chi connectivity index (χ0n) is 9.39. The minimum absolute atomic E-state index is 0. The van der Waals surface area contributed by atoms with E-state index in [0.717, 1.165) is 6.42 Å². The molecule has 0 aliphatic carbocycles. The maximum Gasteiger partial charge on any atom is 0.0698 e. The molecule has 17 heavy (non-hydrogen) atoms. The van der Waals surface area contributed by atoms with Crippen molar-refractivity contribution in [2.24, 2.45) is 5.73 Å². The fourth-order valence-corrected chi connectivity index (χ4v) is 2.34. The molecule has 2 aromatic rings. The Hall–Kier alpha value is -1.13. The lowest BCUT2D eigenvalue weighted by Gasteiger charge is -2.12. The fourth-order valence-electron chi connectivity index (χ4n) is 2.34. The number of rotatable bonds is 1. The van der Waals surface area contributed by atoms with Gasteiger partial charge in [0.05, 0.1) is 6.17 Å². The van der Waals surface area contributed by atoms with Gasteiger partial charge in [-0.3, -0.25) is 0 Å². The zero-order valence-corrected chi connectivity index (χ0v) is 10.2. The van der Waals surface area contributed by atoms with E-state index in [-0.39, 0.29) is 18.6 Å². The standard InChI is InChI=1S/C13H15N3.ClH/c14-13-8-12(15-16-13)11-7-3-5-9-4-1-2-6-10(9)11;/h1-7,12-13,15-16H,8,14H2;1H. The van der Waals surface area contributed by atoms with Crippen LogP contribution in [0.4, 0.5) is 0 Å². The molecule has 1 aliphatic heterocycles. The number of hydrazine groups is 1. The largest absolute Gasteiger partial charge is 0.315 e. The second-order valence-electron chi connectivity index (χ2n) is 4.25. The Morgan fingerprint density at radius 2 is 1.76 bits per heavy atom. The van der Waals surface area contributed by atoms with Crippen molar-refractivity contribution in [3.05, 3.63) is 48.0 Å². The Morgan fingerprint density at radius 3 is 2.53 bits per heavy atom. The van der Waals surface area contributed by atoms with Gasteiger partial charge in [-0.15, -0.1) is 12.4 Å². The molecular formula is C13H16ClN3. The van der Waals surface area contributed by atoms with Crippen molar-refractivity contribution in [1.82, 2.24) is 10.9 Å². The Morgan fingerprint density at radius 1 is 1.00 bits per heavy atom. The third-order valence-electron chi connectivity index (χ3n) is 3.13. The first-order valence-electron chi connectivity index (χ1n) is 5.59. The summed E-state index contributed by atoms with van der Waals surface area (Å²) in [6, 6.07) is 15.2. The SMILES string of the molecule is Cl.NC1CC(c2cccc3ccccc23)NN1. The molecule has 0 aromatic heterocycles.